The molecule has 0 radical (unpaired) electrons. The normalized spacial score (nSPS) is 24.2. The van der Waals surface area contributed by atoms with Gasteiger partial charge >= 0.3 is 0 Å². The predicted octanol–water partition coefficient (Wildman–Crippen LogP) is -0.550. The van der Waals surface area contributed by atoms with Crippen molar-refractivity contribution >= 4 is 0 Å². The Morgan fingerprint density at radius 1 is 1.38 bits per heavy atom. The van der Waals surface area contributed by atoms with Crippen LogP contribution in [0.5, 0.6) is 0 Å². The second kappa shape index (κ2) is 5.54. The van der Waals surface area contributed by atoms with Crippen LogP contribution in [0.4, 0.5) is 0 Å². The first-order chi connectivity index (χ1) is 6.25. The van der Waals surface area contributed by atoms with Gasteiger partial charge in [-0.3, -0.25) is 4.90 Å². The third-order valence-corrected chi connectivity index (χ3v) is 2.50. The van der Waals surface area contributed by atoms with Crippen LogP contribution >= 0.6 is 0 Å². The summed E-state index contributed by atoms with van der Waals surface area (Å²) in [5, 5.41) is 18.3. The van der Waals surface area contributed by atoms with Crippen LogP contribution in [0, 0.1) is 0 Å². The van der Waals surface area contributed by atoms with Crippen LogP contribution in [0.3, 0.4) is 0 Å². The summed E-state index contributed by atoms with van der Waals surface area (Å²) in [6.07, 6.45) is 0.253. The van der Waals surface area contributed by atoms with Gasteiger partial charge in [0, 0.05) is 25.7 Å². The van der Waals surface area contributed by atoms with E-state index in [0.29, 0.717) is 6.42 Å². The highest BCUT2D eigenvalue weighted by Crippen LogP contribution is 2.11. The lowest BCUT2D eigenvalue weighted by molar-refractivity contribution is -0.0236. The summed E-state index contributed by atoms with van der Waals surface area (Å²) in [5.74, 6) is 0. The van der Waals surface area contributed by atoms with Gasteiger partial charge in [0.2, 0.25) is 0 Å². The molecule has 1 heterocycles. The summed E-state index contributed by atoms with van der Waals surface area (Å²) in [6.45, 7) is 5.08. The minimum atomic E-state index is -0.384. The Kier molecular flexibility index (Phi) is 4.66. The van der Waals surface area contributed by atoms with Gasteiger partial charge in [0.1, 0.15) is 0 Å². The second-order valence-electron chi connectivity index (χ2n) is 3.47. The first-order valence-corrected chi connectivity index (χ1v) is 4.86. The fourth-order valence-corrected chi connectivity index (χ4v) is 1.77. The molecular weight excluding hydrogens is 170 g/mol. The maximum atomic E-state index is 9.50. The van der Waals surface area contributed by atoms with Gasteiger partial charge in [0.15, 0.2) is 0 Å². The Morgan fingerprint density at radius 2 is 2.00 bits per heavy atom. The van der Waals surface area contributed by atoms with Gasteiger partial charge in [-0.05, 0) is 13.3 Å². The molecule has 1 aliphatic rings. The molecule has 1 saturated heterocycles. The maximum absolute atomic E-state index is 9.50. The van der Waals surface area contributed by atoms with Crippen LogP contribution in [-0.4, -0.2) is 60.2 Å². The molecular formula is C9H19NO3. The molecule has 0 amide bonds. The van der Waals surface area contributed by atoms with E-state index in [0.717, 1.165) is 26.3 Å². The van der Waals surface area contributed by atoms with E-state index in [4.69, 9.17) is 9.84 Å². The first-order valence-electron chi connectivity index (χ1n) is 4.86. The zero-order chi connectivity index (χ0) is 9.68. The standard InChI is InChI=1S/C9H19NO3/c1-8(12)9(2-5-11)10-3-6-13-7-4-10/h8-9,11-12H,2-7H2,1H3. The average molecular weight is 189 g/mol. The molecule has 1 fully saturated rings. The second-order valence-corrected chi connectivity index (χ2v) is 3.47. The lowest BCUT2D eigenvalue weighted by Gasteiger charge is -2.35. The van der Waals surface area contributed by atoms with Crippen molar-refractivity contribution in [2.45, 2.75) is 25.5 Å². The number of rotatable bonds is 4. The van der Waals surface area contributed by atoms with Crippen molar-refractivity contribution in [3.63, 3.8) is 0 Å². The number of nitrogens with zero attached hydrogens (tertiary/aromatic N) is 1. The van der Waals surface area contributed by atoms with Gasteiger partial charge in [0.05, 0.1) is 19.3 Å². The number of ether oxygens (including phenoxy) is 1. The Morgan fingerprint density at radius 3 is 2.46 bits per heavy atom. The first kappa shape index (κ1) is 10.9. The molecule has 0 aliphatic carbocycles. The highest BCUT2D eigenvalue weighted by atomic mass is 16.5. The minimum Gasteiger partial charge on any atom is -0.396 e. The van der Waals surface area contributed by atoms with Gasteiger partial charge in [0.25, 0.3) is 0 Å². The van der Waals surface area contributed by atoms with Crippen molar-refractivity contribution in [1.29, 1.82) is 0 Å². The Labute approximate surface area is 79.1 Å². The zero-order valence-corrected chi connectivity index (χ0v) is 8.15. The number of morpholine rings is 1. The molecule has 2 unspecified atom stereocenters. The summed E-state index contributed by atoms with van der Waals surface area (Å²) >= 11 is 0. The Hall–Kier alpha value is -0.160. The quantitative estimate of drug-likeness (QED) is 0.623. The zero-order valence-electron chi connectivity index (χ0n) is 8.15. The van der Waals surface area contributed by atoms with Crippen LogP contribution in [0.1, 0.15) is 13.3 Å². The lowest BCUT2D eigenvalue weighted by atomic mass is 10.1. The molecule has 2 N–H and O–H groups in total. The summed E-state index contributed by atoms with van der Waals surface area (Å²) in [7, 11) is 0. The van der Waals surface area contributed by atoms with Crippen molar-refractivity contribution in [3.05, 3.63) is 0 Å². The van der Waals surface area contributed by atoms with E-state index in [9.17, 15) is 5.11 Å². The monoisotopic (exact) mass is 189 g/mol. The molecule has 0 aromatic heterocycles. The molecule has 0 saturated carbocycles. The lowest BCUT2D eigenvalue weighted by Crippen LogP contribution is -2.48. The third kappa shape index (κ3) is 3.23. The van der Waals surface area contributed by atoms with Crippen molar-refractivity contribution in [3.8, 4) is 0 Å². The van der Waals surface area contributed by atoms with Crippen LogP contribution in [0.2, 0.25) is 0 Å². The summed E-state index contributed by atoms with van der Waals surface area (Å²) in [4.78, 5) is 2.18. The molecule has 13 heavy (non-hydrogen) atoms. The minimum absolute atomic E-state index is 0.0777. The molecule has 0 aromatic carbocycles. The number of hydrogen-bond donors (Lipinski definition) is 2. The predicted molar refractivity (Wildman–Crippen MR) is 49.6 cm³/mol. The van der Waals surface area contributed by atoms with E-state index in [1.807, 2.05) is 0 Å². The SMILES string of the molecule is CC(O)C(CCO)N1CCOCC1. The van der Waals surface area contributed by atoms with Crippen molar-refractivity contribution < 1.29 is 14.9 Å². The van der Waals surface area contributed by atoms with Crippen molar-refractivity contribution in [2.24, 2.45) is 0 Å². The van der Waals surface area contributed by atoms with E-state index >= 15 is 0 Å². The fourth-order valence-electron chi connectivity index (χ4n) is 1.77. The molecule has 1 aliphatic heterocycles. The molecule has 78 valence electrons. The molecule has 1 rings (SSSR count). The fraction of sp³-hybridized carbons (Fsp3) is 1.00. The van der Waals surface area contributed by atoms with E-state index in [1.54, 1.807) is 6.92 Å². The molecule has 2 atom stereocenters. The Bertz CT molecular complexity index is 135. The Balaban J connectivity index is 2.41. The average Bonchev–Trinajstić information content (AvgIpc) is 2.15. The van der Waals surface area contributed by atoms with E-state index in [1.165, 1.54) is 0 Å². The topological polar surface area (TPSA) is 52.9 Å². The van der Waals surface area contributed by atoms with Gasteiger partial charge in [-0.2, -0.15) is 0 Å². The van der Waals surface area contributed by atoms with E-state index in [2.05, 4.69) is 4.90 Å². The highest BCUT2D eigenvalue weighted by molar-refractivity contribution is 4.77. The van der Waals surface area contributed by atoms with Gasteiger partial charge in [-0.15, -0.1) is 0 Å². The largest absolute Gasteiger partial charge is 0.396 e. The number of aliphatic hydroxyl groups is 2. The molecule has 4 nitrogen and oxygen atoms in total. The summed E-state index contributed by atoms with van der Waals surface area (Å²) in [6, 6.07) is 0.0777. The van der Waals surface area contributed by atoms with Gasteiger partial charge < -0.3 is 14.9 Å². The van der Waals surface area contributed by atoms with E-state index < -0.39 is 0 Å². The van der Waals surface area contributed by atoms with Crippen LogP contribution in [0.15, 0.2) is 0 Å². The van der Waals surface area contributed by atoms with Gasteiger partial charge in [-0.1, -0.05) is 0 Å². The van der Waals surface area contributed by atoms with Crippen LogP contribution in [-0.2, 0) is 4.74 Å². The van der Waals surface area contributed by atoms with Crippen LogP contribution in [0.25, 0.3) is 0 Å². The summed E-state index contributed by atoms with van der Waals surface area (Å²) in [5.41, 5.74) is 0. The summed E-state index contributed by atoms with van der Waals surface area (Å²) < 4.78 is 5.22. The number of aliphatic hydroxyl groups excluding tert-OH is 2. The van der Waals surface area contributed by atoms with E-state index in [-0.39, 0.29) is 18.8 Å². The molecule has 4 heteroatoms. The highest BCUT2D eigenvalue weighted by Gasteiger charge is 2.23. The van der Waals surface area contributed by atoms with Gasteiger partial charge in [-0.25, -0.2) is 0 Å². The molecule has 0 aromatic rings. The maximum Gasteiger partial charge on any atom is 0.0668 e. The third-order valence-electron chi connectivity index (χ3n) is 2.50. The van der Waals surface area contributed by atoms with Crippen molar-refractivity contribution in [1.82, 2.24) is 4.90 Å². The number of hydrogen-bond acceptors (Lipinski definition) is 4. The smallest absolute Gasteiger partial charge is 0.0668 e. The van der Waals surface area contributed by atoms with Crippen LogP contribution < -0.4 is 0 Å². The van der Waals surface area contributed by atoms with Crippen molar-refractivity contribution in [2.75, 3.05) is 32.9 Å². The molecule has 0 bridgehead atoms. The molecule has 0 spiro atoms.